The van der Waals surface area contributed by atoms with E-state index < -0.39 is 17.6 Å². The van der Waals surface area contributed by atoms with Gasteiger partial charge in [-0.15, -0.1) is 0 Å². The Labute approximate surface area is 141 Å². The van der Waals surface area contributed by atoms with Gasteiger partial charge in [0, 0.05) is 25.7 Å². The fraction of sp³-hybridized carbons (Fsp3) is 0.353. The van der Waals surface area contributed by atoms with E-state index in [-0.39, 0.29) is 5.91 Å². The van der Waals surface area contributed by atoms with Gasteiger partial charge in [0.15, 0.2) is 0 Å². The van der Waals surface area contributed by atoms with Crippen LogP contribution in [0.3, 0.4) is 0 Å². The highest BCUT2D eigenvalue weighted by molar-refractivity contribution is 5.96. The van der Waals surface area contributed by atoms with Crippen molar-refractivity contribution in [2.75, 3.05) is 14.1 Å². The standard InChI is InChI=1S/C17H23N3O4/c1-17(2,3)24-16(23)19-18-15(22)13-8-6-7-12(11-13)9-10-14(21)20(4)5/h6-11H,1-5H3,(H,18,22)(H,19,23). The fourth-order valence-electron chi connectivity index (χ4n) is 1.58. The first-order valence-electron chi connectivity index (χ1n) is 7.37. The summed E-state index contributed by atoms with van der Waals surface area (Å²) in [4.78, 5) is 36.5. The molecule has 1 aromatic carbocycles. The van der Waals surface area contributed by atoms with Crippen LogP contribution in [0.4, 0.5) is 4.79 Å². The topological polar surface area (TPSA) is 87.7 Å². The molecule has 1 aromatic rings. The van der Waals surface area contributed by atoms with Crippen LogP contribution in [0.1, 0.15) is 36.7 Å². The van der Waals surface area contributed by atoms with Crippen molar-refractivity contribution in [3.63, 3.8) is 0 Å². The SMILES string of the molecule is CN(C)C(=O)C=Cc1cccc(C(=O)NNC(=O)OC(C)(C)C)c1. The summed E-state index contributed by atoms with van der Waals surface area (Å²) in [6.45, 7) is 5.16. The molecule has 2 N–H and O–H groups in total. The van der Waals surface area contributed by atoms with Crippen LogP contribution in [-0.4, -0.2) is 42.5 Å². The van der Waals surface area contributed by atoms with E-state index in [9.17, 15) is 14.4 Å². The summed E-state index contributed by atoms with van der Waals surface area (Å²) < 4.78 is 5.02. The van der Waals surface area contributed by atoms with Crippen LogP contribution in [0.5, 0.6) is 0 Å². The fourth-order valence-corrected chi connectivity index (χ4v) is 1.58. The lowest BCUT2D eigenvalue weighted by molar-refractivity contribution is -0.123. The zero-order chi connectivity index (χ0) is 18.3. The van der Waals surface area contributed by atoms with Gasteiger partial charge in [0.2, 0.25) is 5.91 Å². The second-order valence-electron chi connectivity index (χ2n) is 6.27. The minimum absolute atomic E-state index is 0.156. The lowest BCUT2D eigenvalue weighted by Crippen LogP contribution is -2.44. The predicted molar refractivity (Wildman–Crippen MR) is 91.0 cm³/mol. The number of carbonyl (C=O) groups excluding carboxylic acids is 3. The molecule has 0 aromatic heterocycles. The van der Waals surface area contributed by atoms with Crippen LogP contribution in [0.2, 0.25) is 0 Å². The van der Waals surface area contributed by atoms with Crippen LogP contribution in [0.15, 0.2) is 30.3 Å². The van der Waals surface area contributed by atoms with Crippen molar-refractivity contribution in [3.05, 3.63) is 41.5 Å². The number of carbonyl (C=O) groups is 3. The van der Waals surface area contributed by atoms with Crippen molar-refractivity contribution in [1.29, 1.82) is 0 Å². The summed E-state index contributed by atoms with van der Waals surface area (Å²) in [5.41, 5.74) is 4.83. The Morgan fingerprint density at radius 1 is 1.12 bits per heavy atom. The number of nitrogens with zero attached hydrogens (tertiary/aromatic N) is 1. The number of ether oxygens (including phenoxy) is 1. The highest BCUT2D eigenvalue weighted by atomic mass is 16.6. The van der Waals surface area contributed by atoms with Crippen molar-refractivity contribution in [1.82, 2.24) is 15.8 Å². The maximum absolute atomic E-state index is 12.0. The third kappa shape index (κ3) is 6.95. The van der Waals surface area contributed by atoms with Crippen molar-refractivity contribution >= 4 is 24.0 Å². The molecule has 24 heavy (non-hydrogen) atoms. The molecule has 0 heterocycles. The van der Waals surface area contributed by atoms with Gasteiger partial charge < -0.3 is 9.64 Å². The Bertz CT molecular complexity index is 645. The monoisotopic (exact) mass is 333 g/mol. The van der Waals surface area contributed by atoms with Crippen LogP contribution < -0.4 is 10.9 Å². The second-order valence-corrected chi connectivity index (χ2v) is 6.27. The third-order valence-electron chi connectivity index (χ3n) is 2.68. The van der Waals surface area contributed by atoms with Crippen LogP contribution in [0, 0.1) is 0 Å². The molecule has 0 spiro atoms. The maximum atomic E-state index is 12.0. The number of hydrogen-bond donors (Lipinski definition) is 2. The summed E-state index contributed by atoms with van der Waals surface area (Å²) in [5, 5.41) is 0. The Balaban J connectivity index is 2.67. The first-order valence-corrected chi connectivity index (χ1v) is 7.37. The summed E-state index contributed by atoms with van der Waals surface area (Å²) in [6, 6.07) is 6.64. The lowest BCUT2D eigenvalue weighted by Gasteiger charge is -2.19. The molecular formula is C17H23N3O4. The highest BCUT2D eigenvalue weighted by Crippen LogP contribution is 2.08. The first-order chi connectivity index (χ1) is 11.1. The number of nitrogens with one attached hydrogen (secondary N) is 2. The normalized spacial score (nSPS) is 11.0. The van der Waals surface area contributed by atoms with E-state index in [1.54, 1.807) is 65.2 Å². The zero-order valence-corrected chi connectivity index (χ0v) is 14.5. The van der Waals surface area contributed by atoms with Gasteiger partial charge >= 0.3 is 6.09 Å². The summed E-state index contributed by atoms with van der Waals surface area (Å²) in [5.74, 6) is -0.647. The molecule has 0 fully saturated rings. The number of hydrazine groups is 1. The Morgan fingerprint density at radius 2 is 1.79 bits per heavy atom. The van der Waals surface area contributed by atoms with Gasteiger partial charge in [-0.2, -0.15) is 0 Å². The van der Waals surface area contributed by atoms with Crippen LogP contribution >= 0.6 is 0 Å². The number of benzene rings is 1. The van der Waals surface area contributed by atoms with Gasteiger partial charge in [0.25, 0.3) is 5.91 Å². The minimum Gasteiger partial charge on any atom is -0.443 e. The molecule has 0 unspecified atom stereocenters. The van der Waals surface area contributed by atoms with Gasteiger partial charge in [0.1, 0.15) is 5.60 Å². The van der Waals surface area contributed by atoms with Gasteiger partial charge in [-0.1, -0.05) is 12.1 Å². The molecule has 1 rings (SSSR count). The van der Waals surface area contributed by atoms with E-state index in [2.05, 4.69) is 10.9 Å². The molecule has 130 valence electrons. The molecule has 0 aliphatic carbocycles. The van der Waals surface area contributed by atoms with Crippen molar-refractivity contribution in [2.45, 2.75) is 26.4 Å². The Hall–Kier alpha value is -2.83. The summed E-state index contributed by atoms with van der Waals surface area (Å²) in [7, 11) is 3.30. The Kier molecular flexibility index (Phi) is 6.52. The van der Waals surface area contributed by atoms with E-state index in [0.717, 1.165) is 0 Å². The molecule has 0 bridgehead atoms. The average molecular weight is 333 g/mol. The van der Waals surface area contributed by atoms with Crippen molar-refractivity contribution in [3.8, 4) is 0 Å². The van der Waals surface area contributed by atoms with Crippen LogP contribution in [0.25, 0.3) is 6.08 Å². The number of rotatable bonds is 3. The van der Waals surface area contributed by atoms with E-state index in [1.807, 2.05) is 0 Å². The van der Waals surface area contributed by atoms with E-state index in [4.69, 9.17) is 4.74 Å². The quantitative estimate of drug-likeness (QED) is 0.654. The lowest BCUT2D eigenvalue weighted by atomic mass is 10.1. The third-order valence-corrected chi connectivity index (χ3v) is 2.68. The summed E-state index contributed by atoms with van der Waals surface area (Å²) in [6.07, 6.45) is 2.28. The molecule has 7 heteroatoms. The maximum Gasteiger partial charge on any atom is 0.426 e. The molecule has 0 saturated carbocycles. The average Bonchev–Trinajstić information content (AvgIpc) is 2.48. The highest BCUT2D eigenvalue weighted by Gasteiger charge is 2.16. The van der Waals surface area contributed by atoms with E-state index in [1.165, 1.54) is 11.0 Å². The molecule has 0 aliphatic rings. The number of hydrogen-bond acceptors (Lipinski definition) is 4. The smallest absolute Gasteiger partial charge is 0.426 e. The molecule has 3 amide bonds. The molecule has 7 nitrogen and oxygen atoms in total. The van der Waals surface area contributed by atoms with E-state index in [0.29, 0.717) is 11.1 Å². The molecule has 0 aliphatic heterocycles. The van der Waals surface area contributed by atoms with Crippen molar-refractivity contribution < 1.29 is 19.1 Å². The first kappa shape index (κ1) is 19.2. The van der Waals surface area contributed by atoms with Crippen molar-refractivity contribution in [2.24, 2.45) is 0 Å². The minimum atomic E-state index is -0.747. The number of amides is 3. The molecule has 0 atom stereocenters. The van der Waals surface area contributed by atoms with E-state index >= 15 is 0 Å². The summed E-state index contributed by atoms with van der Waals surface area (Å²) >= 11 is 0. The predicted octanol–water partition coefficient (Wildman–Crippen LogP) is 1.96. The Morgan fingerprint density at radius 3 is 2.38 bits per heavy atom. The van der Waals surface area contributed by atoms with Gasteiger partial charge in [-0.05, 0) is 44.5 Å². The number of likely N-dealkylation sites (N-methyl/N-ethyl adjacent to an activating group) is 1. The molecule has 0 radical (unpaired) electrons. The largest absolute Gasteiger partial charge is 0.443 e. The van der Waals surface area contributed by atoms with Gasteiger partial charge in [-0.3, -0.25) is 15.0 Å². The molecular weight excluding hydrogens is 310 g/mol. The van der Waals surface area contributed by atoms with Gasteiger partial charge in [-0.25, -0.2) is 10.2 Å². The zero-order valence-electron chi connectivity index (χ0n) is 14.5. The van der Waals surface area contributed by atoms with Crippen LogP contribution in [-0.2, 0) is 9.53 Å². The van der Waals surface area contributed by atoms with Gasteiger partial charge in [0.05, 0.1) is 0 Å². The molecule has 0 saturated heterocycles. The second kappa shape index (κ2) is 8.14.